The number of nitrogens with two attached hydrogens (primary N) is 1. The van der Waals surface area contributed by atoms with Gasteiger partial charge in [0.25, 0.3) is 0 Å². The first-order chi connectivity index (χ1) is 8.63. The summed E-state index contributed by atoms with van der Waals surface area (Å²) in [5.74, 6) is -0.373. The summed E-state index contributed by atoms with van der Waals surface area (Å²) in [5.41, 5.74) is 5.48. The first-order valence-electron chi connectivity index (χ1n) is 5.55. The van der Waals surface area contributed by atoms with Crippen LogP contribution in [0.3, 0.4) is 0 Å². The van der Waals surface area contributed by atoms with E-state index in [9.17, 15) is 4.39 Å². The Hall–Kier alpha value is -2.24. The van der Waals surface area contributed by atoms with Crippen molar-refractivity contribution >= 4 is 11.9 Å². The number of nitrogens with zero attached hydrogens (tertiary/aromatic N) is 4. The fourth-order valence-corrected chi connectivity index (χ4v) is 1.69. The molecule has 1 aromatic rings. The van der Waals surface area contributed by atoms with Gasteiger partial charge in [-0.2, -0.15) is 5.10 Å². The van der Waals surface area contributed by atoms with E-state index in [0.29, 0.717) is 5.84 Å². The lowest BCUT2D eigenvalue weighted by Gasteiger charge is -2.03. The minimum atomic E-state index is -0.649. The average Bonchev–Trinajstić information content (AvgIpc) is 2.81. The molecular weight excluding hydrogens is 233 g/mol. The zero-order valence-corrected chi connectivity index (χ0v) is 10.1. The van der Waals surface area contributed by atoms with Crippen molar-refractivity contribution in [2.24, 2.45) is 15.7 Å². The molecular formula is C12H14FN5. The van der Waals surface area contributed by atoms with E-state index in [1.807, 2.05) is 6.08 Å². The van der Waals surface area contributed by atoms with Gasteiger partial charge in [-0.05, 0) is 19.4 Å². The van der Waals surface area contributed by atoms with Gasteiger partial charge >= 0.3 is 0 Å². The Bertz CT molecular complexity index is 650. The van der Waals surface area contributed by atoms with E-state index in [0.717, 1.165) is 29.7 Å². The van der Waals surface area contributed by atoms with Crippen molar-refractivity contribution in [3.05, 3.63) is 41.2 Å². The van der Waals surface area contributed by atoms with Crippen molar-refractivity contribution in [2.45, 2.75) is 13.3 Å². The molecule has 2 N–H and O–H groups in total. The minimum absolute atomic E-state index is 0.209. The van der Waals surface area contributed by atoms with E-state index in [1.165, 1.54) is 0 Å². The van der Waals surface area contributed by atoms with Crippen LogP contribution < -0.4 is 16.4 Å². The minimum Gasteiger partial charge on any atom is -0.381 e. The number of halogens is 1. The normalized spacial score (nSPS) is 16.2. The van der Waals surface area contributed by atoms with Crippen molar-refractivity contribution in [3.8, 4) is 0 Å². The van der Waals surface area contributed by atoms with Gasteiger partial charge in [-0.25, -0.2) is 14.1 Å². The van der Waals surface area contributed by atoms with Crippen LogP contribution >= 0.6 is 0 Å². The molecule has 94 valence electrons. The summed E-state index contributed by atoms with van der Waals surface area (Å²) in [6.45, 7) is 5.77. The number of aliphatic imine (C=N–C) groups is 1. The van der Waals surface area contributed by atoms with E-state index in [1.54, 1.807) is 17.8 Å². The van der Waals surface area contributed by atoms with Crippen molar-refractivity contribution in [1.29, 1.82) is 0 Å². The maximum absolute atomic E-state index is 13.1. The van der Waals surface area contributed by atoms with Crippen LogP contribution in [-0.4, -0.2) is 22.2 Å². The van der Waals surface area contributed by atoms with E-state index in [4.69, 9.17) is 5.73 Å². The summed E-state index contributed by atoms with van der Waals surface area (Å²) in [4.78, 5) is 8.29. The SMILES string of the molecule is C=C/C(F)=C(N)\N=C(/C)n1ncc2c1=CCCN=2. The Labute approximate surface area is 104 Å². The summed E-state index contributed by atoms with van der Waals surface area (Å²) in [6.07, 6.45) is 5.57. The van der Waals surface area contributed by atoms with Gasteiger partial charge in [0.1, 0.15) is 11.2 Å². The Morgan fingerprint density at radius 1 is 1.67 bits per heavy atom. The Morgan fingerprint density at radius 3 is 3.17 bits per heavy atom. The van der Waals surface area contributed by atoms with Crippen LogP contribution in [-0.2, 0) is 0 Å². The molecule has 1 aliphatic rings. The topological polar surface area (TPSA) is 68.6 Å². The zero-order chi connectivity index (χ0) is 13.1. The highest BCUT2D eigenvalue weighted by Crippen LogP contribution is 2.03. The highest BCUT2D eigenvalue weighted by Gasteiger charge is 2.06. The quantitative estimate of drug-likeness (QED) is 0.462. The molecule has 0 saturated carbocycles. The maximum atomic E-state index is 13.1. The lowest BCUT2D eigenvalue weighted by Crippen LogP contribution is -2.35. The highest BCUT2D eigenvalue weighted by atomic mass is 19.1. The van der Waals surface area contributed by atoms with Gasteiger partial charge in [0.2, 0.25) is 0 Å². The molecule has 0 spiro atoms. The van der Waals surface area contributed by atoms with Crippen LogP contribution in [0.15, 0.2) is 40.5 Å². The van der Waals surface area contributed by atoms with E-state index in [2.05, 4.69) is 21.7 Å². The van der Waals surface area contributed by atoms with E-state index in [-0.39, 0.29) is 5.82 Å². The molecule has 0 fully saturated rings. The molecule has 2 rings (SSSR count). The van der Waals surface area contributed by atoms with E-state index >= 15 is 0 Å². The standard InChI is InChI=1S/C12H14FN5/c1-3-9(13)12(14)17-8(2)18-11-5-4-6-15-10(11)7-16-18/h3,5,7H,1,4,6,14H2,2H3/b12-9+,17-8+. The van der Waals surface area contributed by atoms with Gasteiger partial charge in [-0.3, -0.25) is 4.99 Å². The molecule has 2 heterocycles. The number of hydrogen-bond donors (Lipinski definition) is 1. The van der Waals surface area contributed by atoms with Crippen molar-refractivity contribution in [3.63, 3.8) is 0 Å². The van der Waals surface area contributed by atoms with Crippen molar-refractivity contribution in [2.75, 3.05) is 6.54 Å². The van der Waals surface area contributed by atoms with Gasteiger partial charge in [-0.15, -0.1) is 0 Å². The molecule has 0 unspecified atom stereocenters. The van der Waals surface area contributed by atoms with Crippen molar-refractivity contribution in [1.82, 2.24) is 9.78 Å². The molecule has 0 saturated heterocycles. The predicted octanol–water partition coefficient (Wildman–Crippen LogP) is 0.237. The van der Waals surface area contributed by atoms with Crippen LogP contribution in [0.2, 0.25) is 0 Å². The number of fused-ring (bicyclic) bond motifs is 1. The molecule has 1 aliphatic heterocycles. The smallest absolute Gasteiger partial charge is 0.164 e. The summed E-state index contributed by atoms with van der Waals surface area (Å²) in [5, 5.41) is 5.86. The Balaban J connectivity index is 2.49. The zero-order valence-electron chi connectivity index (χ0n) is 10.1. The summed E-state index contributed by atoms with van der Waals surface area (Å²) in [6, 6.07) is 0. The lowest BCUT2D eigenvalue weighted by atomic mass is 10.3. The first-order valence-corrected chi connectivity index (χ1v) is 5.55. The average molecular weight is 247 g/mol. The lowest BCUT2D eigenvalue weighted by molar-refractivity contribution is 0.650. The summed E-state index contributed by atoms with van der Waals surface area (Å²) < 4.78 is 14.7. The Morgan fingerprint density at radius 2 is 2.44 bits per heavy atom. The second-order valence-corrected chi connectivity index (χ2v) is 3.80. The molecule has 0 aliphatic carbocycles. The molecule has 6 heteroatoms. The van der Waals surface area contributed by atoms with Crippen LogP contribution in [0.5, 0.6) is 0 Å². The second kappa shape index (κ2) is 4.95. The molecule has 0 bridgehead atoms. The maximum Gasteiger partial charge on any atom is 0.164 e. The molecule has 0 radical (unpaired) electrons. The van der Waals surface area contributed by atoms with Gasteiger partial charge in [0.15, 0.2) is 11.6 Å². The third-order valence-corrected chi connectivity index (χ3v) is 2.55. The number of rotatable bonds is 2. The fraction of sp³-hybridized carbons (Fsp3) is 0.250. The van der Waals surface area contributed by atoms with E-state index < -0.39 is 5.83 Å². The molecule has 0 aromatic carbocycles. The number of aromatic nitrogens is 2. The van der Waals surface area contributed by atoms with Crippen LogP contribution in [0, 0.1) is 0 Å². The summed E-state index contributed by atoms with van der Waals surface area (Å²) >= 11 is 0. The first kappa shape index (κ1) is 12.2. The third kappa shape index (κ3) is 2.22. The van der Waals surface area contributed by atoms with Crippen LogP contribution in [0.1, 0.15) is 13.3 Å². The molecule has 5 nitrogen and oxygen atoms in total. The third-order valence-electron chi connectivity index (χ3n) is 2.55. The number of hydrogen-bond acceptors (Lipinski definition) is 4. The van der Waals surface area contributed by atoms with Crippen molar-refractivity contribution < 1.29 is 4.39 Å². The van der Waals surface area contributed by atoms with Crippen LogP contribution in [0.25, 0.3) is 6.08 Å². The molecule has 1 aromatic heterocycles. The largest absolute Gasteiger partial charge is 0.381 e. The number of allylic oxidation sites excluding steroid dienone is 2. The van der Waals surface area contributed by atoms with Gasteiger partial charge < -0.3 is 5.73 Å². The van der Waals surface area contributed by atoms with Gasteiger partial charge in [0.05, 0.1) is 11.5 Å². The monoisotopic (exact) mass is 247 g/mol. The fourth-order valence-electron chi connectivity index (χ4n) is 1.69. The molecule has 0 atom stereocenters. The highest BCUT2D eigenvalue weighted by molar-refractivity contribution is 5.82. The van der Waals surface area contributed by atoms with Gasteiger partial charge in [-0.1, -0.05) is 12.7 Å². The Kier molecular flexibility index (Phi) is 3.36. The summed E-state index contributed by atoms with van der Waals surface area (Å²) in [7, 11) is 0. The van der Waals surface area contributed by atoms with Gasteiger partial charge in [0, 0.05) is 6.54 Å². The molecule has 18 heavy (non-hydrogen) atoms. The predicted molar refractivity (Wildman–Crippen MR) is 68.0 cm³/mol. The van der Waals surface area contributed by atoms with Crippen LogP contribution in [0.4, 0.5) is 4.39 Å². The molecule has 0 amide bonds. The second-order valence-electron chi connectivity index (χ2n) is 3.80.